The normalized spacial score (nSPS) is 14.2. The number of aryl methyl sites for hydroxylation is 1. The second kappa shape index (κ2) is 8.83. The molecule has 164 valence electrons. The number of hydrogen-bond acceptors (Lipinski definition) is 3. The molecule has 0 atom stereocenters. The van der Waals surface area contributed by atoms with Crippen LogP contribution in [0.3, 0.4) is 0 Å². The largest absolute Gasteiger partial charge is 0.489 e. The quantitative estimate of drug-likeness (QED) is 0.317. The van der Waals surface area contributed by atoms with Gasteiger partial charge in [-0.05, 0) is 49.8 Å². The number of Topliss-reactive ketones (excluding diaryl/α,β-unsaturated/α-hetero) is 1. The fourth-order valence-corrected chi connectivity index (χ4v) is 4.20. The van der Waals surface area contributed by atoms with Crippen molar-refractivity contribution in [1.82, 2.24) is 4.57 Å². The van der Waals surface area contributed by atoms with Crippen LogP contribution in [0.15, 0.2) is 84.8 Å². The molecular weight excluding hydrogens is 410 g/mol. The van der Waals surface area contributed by atoms with Crippen LogP contribution < -0.4 is 9.47 Å². The van der Waals surface area contributed by atoms with Crippen molar-refractivity contribution in [3.63, 3.8) is 0 Å². The van der Waals surface area contributed by atoms with E-state index in [4.69, 9.17) is 9.47 Å². The molecule has 0 saturated heterocycles. The number of aromatic nitrogens is 1. The molecule has 2 heterocycles. The van der Waals surface area contributed by atoms with Gasteiger partial charge in [-0.3, -0.25) is 4.79 Å². The van der Waals surface area contributed by atoms with Crippen molar-refractivity contribution in [3.8, 4) is 11.5 Å². The number of carbonyl (C=O) groups is 1. The van der Waals surface area contributed by atoms with Gasteiger partial charge in [-0.25, -0.2) is 0 Å². The first-order valence-corrected chi connectivity index (χ1v) is 11.2. The molecule has 0 N–H and O–H groups in total. The molecule has 4 heteroatoms. The van der Waals surface area contributed by atoms with E-state index in [1.807, 2.05) is 73.7 Å². The summed E-state index contributed by atoms with van der Waals surface area (Å²) in [4.78, 5) is 13.0. The van der Waals surface area contributed by atoms with E-state index < -0.39 is 0 Å². The van der Waals surface area contributed by atoms with E-state index in [2.05, 4.69) is 29.8 Å². The highest BCUT2D eigenvalue weighted by Gasteiger charge is 2.30. The summed E-state index contributed by atoms with van der Waals surface area (Å²) in [7, 11) is 0. The fraction of sp³-hybridized carbons (Fsp3) is 0.138. The lowest BCUT2D eigenvalue weighted by Gasteiger charge is -2.10. The van der Waals surface area contributed by atoms with Crippen molar-refractivity contribution in [2.24, 2.45) is 0 Å². The maximum atomic E-state index is 13.0. The lowest BCUT2D eigenvalue weighted by atomic mass is 10.1. The highest BCUT2D eigenvalue weighted by Crippen LogP contribution is 2.39. The summed E-state index contributed by atoms with van der Waals surface area (Å²) in [5.74, 6) is 1.53. The van der Waals surface area contributed by atoms with Crippen LogP contribution in [0, 0.1) is 6.92 Å². The summed E-state index contributed by atoms with van der Waals surface area (Å²) in [6, 6.07) is 21.9. The average Bonchev–Trinajstić information content (AvgIpc) is 3.37. The number of nitrogens with zero attached hydrogens (tertiary/aromatic N) is 1. The van der Waals surface area contributed by atoms with Crippen molar-refractivity contribution < 1.29 is 14.3 Å². The van der Waals surface area contributed by atoms with Crippen LogP contribution in [0.2, 0.25) is 0 Å². The first-order chi connectivity index (χ1) is 16.2. The fourth-order valence-electron chi connectivity index (χ4n) is 4.20. The van der Waals surface area contributed by atoms with Gasteiger partial charge in [0.05, 0.1) is 5.56 Å². The van der Waals surface area contributed by atoms with Crippen LogP contribution in [0.25, 0.3) is 23.1 Å². The maximum Gasteiger partial charge on any atom is 0.231 e. The molecule has 0 unspecified atom stereocenters. The summed E-state index contributed by atoms with van der Waals surface area (Å²) in [6.45, 7) is 5.32. The van der Waals surface area contributed by atoms with Gasteiger partial charge in [0.2, 0.25) is 5.78 Å². The zero-order valence-electron chi connectivity index (χ0n) is 18.7. The second-order valence-electron chi connectivity index (χ2n) is 8.02. The Labute approximate surface area is 193 Å². The summed E-state index contributed by atoms with van der Waals surface area (Å²) in [5.41, 5.74) is 4.65. The molecule has 0 bridgehead atoms. The van der Waals surface area contributed by atoms with E-state index in [-0.39, 0.29) is 5.78 Å². The van der Waals surface area contributed by atoms with E-state index in [1.54, 1.807) is 6.07 Å². The van der Waals surface area contributed by atoms with Gasteiger partial charge in [0.1, 0.15) is 18.1 Å². The lowest BCUT2D eigenvalue weighted by Crippen LogP contribution is -1.98. The minimum absolute atomic E-state index is 0.100. The van der Waals surface area contributed by atoms with Crippen molar-refractivity contribution in [2.75, 3.05) is 6.61 Å². The molecular formula is C29H25NO3. The Morgan fingerprint density at radius 3 is 2.61 bits per heavy atom. The molecule has 0 spiro atoms. The number of para-hydroxylation sites is 1. The van der Waals surface area contributed by atoms with Gasteiger partial charge in [0.25, 0.3) is 0 Å². The van der Waals surface area contributed by atoms with E-state index in [0.29, 0.717) is 29.4 Å². The molecule has 4 nitrogen and oxygen atoms in total. The predicted molar refractivity (Wildman–Crippen MR) is 133 cm³/mol. The Morgan fingerprint density at radius 2 is 1.79 bits per heavy atom. The molecule has 0 amide bonds. The average molecular weight is 436 g/mol. The number of fused-ring (bicyclic) bond motifs is 2. The van der Waals surface area contributed by atoms with Gasteiger partial charge in [0, 0.05) is 34.8 Å². The Balaban J connectivity index is 1.38. The standard InChI is InChI=1S/C29H25NO3/c1-3-30-19-22(23-13-7-8-14-25(23)30)18-27-28(31)24-15-16-26(20(2)29(24)33-27)32-17-9-12-21-10-5-4-6-11-21/h4-16,18-19H,3,17H2,1-2H3/b12-9+,27-18+. The summed E-state index contributed by atoms with van der Waals surface area (Å²) in [5, 5.41) is 1.10. The second-order valence-corrected chi connectivity index (χ2v) is 8.02. The van der Waals surface area contributed by atoms with Crippen LogP contribution in [-0.2, 0) is 6.54 Å². The molecule has 4 aromatic rings. The Bertz CT molecular complexity index is 1390. The maximum absolute atomic E-state index is 13.0. The van der Waals surface area contributed by atoms with E-state index in [1.165, 1.54) is 0 Å². The van der Waals surface area contributed by atoms with Crippen molar-refractivity contribution in [2.45, 2.75) is 20.4 Å². The Hall–Kier alpha value is -4.05. The van der Waals surface area contributed by atoms with E-state index >= 15 is 0 Å². The van der Waals surface area contributed by atoms with E-state index in [0.717, 1.165) is 34.1 Å². The number of benzene rings is 3. The third kappa shape index (κ3) is 3.96. The van der Waals surface area contributed by atoms with Crippen molar-refractivity contribution >= 4 is 28.8 Å². The van der Waals surface area contributed by atoms with Gasteiger partial charge >= 0.3 is 0 Å². The van der Waals surface area contributed by atoms with Gasteiger partial charge in [-0.15, -0.1) is 0 Å². The van der Waals surface area contributed by atoms with Gasteiger partial charge in [0.15, 0.2) is 5.76 Å². The lowest BCUT2D eigenvalue weighted by molar-refractivity contribution is 0.101. The van der Waals surface area contributed by atoms with Crippen molar-refractivity contribution in [3.05, 3.63) is 107 Å². The van der Waals surface area contributed by atoms with Gasteiger partial charge in [-0.1, -0.05) is 54.6 Å². The molecule has 1 aliphatic rings. The molecule has 0 radical (unpaired) electrons. The van der Waals surface area contributed by atoms with Crippen LogP contribution >= 0.6 is 0 Å². The summed E-state index contributed by atoms with van der Waals surface area (Å²) < 4.78 is 14.2. The predicted octanol–water partition coefficient (Wildman–Crippen LogP) is 6.68. The van der Waals surface area contributed by atoms with Gasteiger partial charge in [-0.2, -0.15) is 0 Å². The number of carbonyl (C=O) groups excluding carboxylic acids is 1. The monoisotopic (exact) mass is 435 g/mol. The number of hydrogen-bond donors (Lipinski definition) is 0. The van der Waals surface area contributed by atoms with Crippen LogP contribution in [0.5, 0.6) is 11.5 Å². The minimum atomic E-state index is -0.100. The molecule has 1 aromatic heterocycles. The highest BCUT2D eigenvalue weighted by atomic mass is 16.5. The van der Waals surface area contributed by atoms with Crippen molar-refractivity contribution in [1.29, 1.82) is 0 Å². The number of ether oxygens (including phenoxy) is 2. The molecule has 0 aliphatic carbocycles. The number of rotatable bonds is 6. The molecule has 33 heavy (non-hydrogen) atoms. The molecule has 5 rings (SSSR count). The molecule has 1 aliphatic heterocycles. The first kappa shape index (κ1) is 20.8. The smallest absolute Gasteiger partial charge is 0.231 e. The summed E-state index contributed by atoms with van der Waals surface area (Å²) >= 11 is 0. The first-order valence-electron chi connectivity index (χ1n) is 11.2. The zero-order chi connectivity index (χ0) is 22.8. The Kier molecular flexibility index (Phi) is 5.57. The molecule has 0 fully saturated rings. The van der Waals surface area contributed by atoms with Crippen LogP contribution in [-0.4, -0.2) is 17.0 Å². The third-order valence-electron chi connectivity index (χ3n) is 5.93. The number of allylic oxidation sites excluding steroid dienone is 1. The topological polar surface area (TPSA) is 40.5 Å². The third-order valence-corrected chi connectivity index (χ3v) is 5.93. The SMILES string of the molecule is CCn1cc(/C=C2/Oc3c(ccc(OC/C=C/c4ccccc4)c3C)C2=O)c2ccccc21. The van der Waals surface area contributed by atoms with Gasteiger partial charge < -0.3 is 14.0 Å². The van der Waals surface area contributed by atoms with E-state index in [9.17, 15) is 4.79 Å². The summed E-state index contributed by atoms with van der Waals surface area (Å²) in [6.07, 6.45) is 7.91. The minimum Gasteiger partial charge on any atom is -0.489 e. The van der Waals surface area contributed by atoms with Crippen LogP contribution in [0.1, 0.15) is 34.0 Å². The Morgan fingerprint density at radius 1 is 1.00 bits per heavy atom. The van der Waals surface area contributed by atoms with Crippen LogP contribution in [0.4, 0.5) is 0 Å². The molecule has 0 saturated carbocycles. The highest BCUT2D eigenvalue weighted by molar-refractivity contribution is 6.15. The molecule has 3 aromatic carbocycles. The zero-order valence-corrected chi connectivity index (χ0v) is 18.7. The number of ketones is 1.